The number of benzene rings is 2. The molecule has 0 bridgehead atoms. The number of para-hydroxylation sites is 1. The number of anilines is 1. The third-order valence-electron chi connectivity index (χ3n) is 2.61. The molecule has 18 heavy (non-hydrogen) atoms. The van der Waals surface area contributed by atoms with Crippen LogP contribution in [-0.2, 0) is 4.79 Å². The molecule has 1 N–H and O–H groups in total. The van der Waals surface area contributed by atoms with Crippen molar-refractivity contribution in [3.8, 4) is 16.9 Å². The summed E-state index contributed by atoms with van der Waals surface area (Å²) in [5.41, 5.74) is 2.71. The minimum Gasteiger partial charge on any atom is -0.494 e. The van der Waals surface area contributed by atoms with E-state index in [0.29, 0.717) is 11.4 Å². The number of methoxy groups -OCH3 is 1. The number of nitrogens with one attached hydrogen (secondary N) is 1. The van der Waals surface area contributed by atoms with E-state index in [4.69, 9.17) is 4.74 Å². The van der Waals surface area contributed by atoms with Gasteiger partial charge in [-0.05, 0) is 11.6 Å². The summed E-state index contributed by atoms with van der Waals surface area (Å²) in [5, 5.41) is 2.77. The van der Waals surface area contributed by atoms with E-state index in [-0.39, 0.29) is 5.91 Å². The summed E-state index contributed by atoms with van der Waals surface area (Å²) in [6.45, 7) is 1.48. The Hall–Kier alpha value is -2.29. The van der Waals surface area contributed by atoms with Gasteiger partial charge in [-0.2, -0.15) is 0 Å². The maximum Gasteiger partial charge on any atom is 0.221 e. The van der Waals surface area contributed by atoms with Crippen molar-refractivity contribution in [1.29, 1.82) is 0 Å². The van der Waals surface area contributed by atoms with Crippen molar-refractivity contribution >= 4 is 11.6 Å². The van der Waals surface area contributed by atoms with Crippen LogP contribution in [0.5, 0.6) is 5.75 Å². The van der Waals surface area contributed by atoms with Gasteiger partial charge in [0, 0.05) is 12.5 Å². The lowest BCUT2D eigenvalue weighted by molar-refractivity contribution is -0.114. The number of ether oxygens (including phenoxy) is 1. The molecule has 1 amide bonds. The van der Waals surface area contributed by atoms with Crippen LogP contribution in [0.15, 0.2) is 48.5 Å². The standard InChI is InChI=1S/C15H15NO2/c1-11(17)16-14-10-6-9-13(15(14)18-2)12-7-4-3-5-8-12/h3-10H,1-2H3,(H,16,17). The third-order valence-corrected chi connectivity index (χ3v) is 2.61. The summed E-state index contributed by atoms with van der Waals surface area (Å²) in [6, 6.07) is 15.6. The normalized spacial score (nSPS) is 9.89. The van der Waals surface area contributed by atoms with Crippen LogP contribution >= 0.6 is 0 Å². The topological polar surface area (TPSA) is 38.3 Å². The van der Waals surface area contributed by atoms with E-state index in [1.54, 1.807) is 7.11 Å². The number of rotatable bonds is 3. The fraction of sp³-hybridized carbons (Fsp3) is 0.133. The molecule has 0 aliphatic carbocycles. The highest BCUT2D eigenvalue weighted by Crippen LogP contribution is 2.36. The van der Waals surface area contributed by atoms with Crippen molar-refractivity contribution in [2.45, 2.75) is 6.92 Å². The zero-order valence-corrected chi connectivity index (χ0v) is 10.4. The van der Waals surface area contributed by atoms with E-state index in [1.165, 1.54) is 6.92 Å². The van der Waals surface area contributed by atoms with Crippen LogP contribution in [-0.4, -0.2) is 13.0 Å². The first-order chi connectivity index (χ1) is 8.72. The monoisotopic (exact) mass is 241 g/mol. The number of hydrogen-bond donors (Lipinski definition) is 1. The maximum absolute atomic E-state index is 11.2. The summed E-state index contributed by atoms with van der Waals surface area (Å²) < 4.78 is 5.42. The molecule has 2 aromatic carbocycles. The summed E-state index contributed by atoms with van der Waals surface area (Å²) in [4.78, 5) is 11.2. The van der Waals surface area contributed by atoms with Gasteiger partial charge in [0.1, 0.15) is 5.75 Å². The van der Waals surface area contributed by atoms with Gasteiger partial charge in [0.2, 0.25) is 5.91 Å². The Morgan fingerprint density at radius 1 is 1.06 bits per heavy atom. The molecule has 0 saturated carbocycles. The molecule has 0 aliphatic rings. The van der Waals surface area contributed by atoms with Gasteiger partial charge >= 0.3 is 0 Å². The van der Waals surface area contributed by atoms with Crippen LogP contribution in [0.2, 0.25) is 0 Å². The molecular weight excluding hydrogens is 226 g/mol. The molecule has 0 fully saturated rings. The Morgan fingerprint density at radius 3 is 2.39 bits per heavy atom. The van der Waals surface area contributed by atoms with E-state index in [2.05, 4.69) is 5.32 Å². The number of amides is 1. The van der Waals surface area contributed by atoms with Crippen molar-refractivity contribution in [1.82, 2.24) is 0 Å². The van der Waals surface area contributed by atoms with Crippen LogP contribution in [0.1, 0.15) is 6.92 Å². The molecule has 0 radical (unpaired) electrons. The Bertz CT molecular complexity index is 550. The molecule has 0 aromatic heterocycles. The summed E-state index contributed by atoms with van der Waals surface area (Å²) >= 11 is 0. The van der Waals surface area contributed by atoms with Crippen molar-refractivity contribution in [2.24, 2.45) is 0 Å². The Labute approximate surface area is 106 Å². The highest BCUT2D eigenvalue weighted by Gasteiger charge is 2.11. The molecule has 92 valence electrons. The Morgan fingerprint density at radius 2 is 1.78 bits per heavy atom. The molecule has 2 rings (SSSR count). The van der Waals surface area contributed by atoms with Crippen LogP contribution in [0.3, 0.4) is 0 Å². The molecule has 0 saturated heterocycles. The number of hydrogen-bond acceptors (Lipinski definition) is 2. The fourth-order valence-electron chi connectivity index (χ4n) is 1.89. The number of carbonyl (C=O) groups excluding carboxylic acids is 1. The van der Waals surface area contributed by atoms with Crippen molar-refractivity contribution in [2.75, 3.05) is 12.4 Å². The van der Waals surface area contributed by atoms with Gasteiger partial charge in [-0.15, -0.1) is 0 Å². The molecule has 0 spiro atoms. The lowest BCUT2D eigenvalue weighted by atomic mass is 10.0. The van der Waals surface area contributed by atoms with E-state index in [9.17, 15) is 4.79 Å². The molecule has 0 unspecified atom stereocenters. The molecule has 3 heteroatoms. The average Bonchev–Trinajstić information content (AvgIpc) is 2.39. The van der Waals surface area contributed by atoms with Gasteiger partial charge in [0.15, 0.2) is 0 Å². The van der Waals surface area contributed by atoms with Crippen LogP contribution in [0.4, 0.5) is 5.69 Å². The first-order valence-corrected chi connectivity index (χ1v) is 5.72. The van der Waals surface area contributed by atoms with E-state index >= 15 is 0 Å². The minimum absolute atomic E-state index is 0.112. The van der Waals surface area contributed by atoms with Gasteiger partial charge in [0.05, 0.1) is 12.8 Å². The highest BCUT2D eigenvalue weighted by atomic mass is 16.5. The van der Waals surface area contributed by atoms with E-state index in [1.807, 2.05) is 48.5 Å². The third kappa shape index (κ3) is 2.51. The van der Waals surface area contributed by atoms with Gasteiger partial charge in [-0.25, -0.2) is 0 Å². The number of carbonyl (C=O) groups is 1. The first-order valence-electron chi connectivity index (χ1n) is 5.72. The maximum atomic E-state index is 11.2. The predicted molar refractivity (Wildman–Crippen MR) is 72.7 cm³/mol. The molecule has 0 heterocycles. The van der Waals surface area contributed by atoms with Gasteiger partial charge in [0.25, 0.3) is 0 Å². The van der Waals surface area contributed by atoms with Gasteiger partial charge in [-0.1, -0.05) is 42.5 Å². The summed E-state index contributed by atoms with van der Waals surface area (Å²) in [7, 11) is 1.60. The molecular formula is C15H15NO2. The van der Waals surface area contributed by atoms with Crippen molar-refractivity contribution in [3.63, 3.8) is 0 Å². The second kappa shape index (κ2) is 5.36. The quantitative estimate of drug-likeness (QED) is 0.895. The van der Waals surface area contributed by atoms with Crippen LogP contribution in [0, 0.1) is 0 Å². The van der Waals surface area contributed by atoms with Gasteiger partial charge in [-0.3, -0.25) is 4.79 Å². The summed E-state index contributed by atoms with van der Waals surface area (Å²) in [6.07, 6.45) is 0. The highest BCUT2D eigenvalue weighted by molar-refractivity contribution is 5.92. The van der Waals surface area contributed by atoms with E-state index in [0.717, 1.165) is 11.1 Å². The molecule has 0 atom stereocenters. The Kier molecular flexibility index (Phi) is 3.63. The minimum atomic E-state index is -0.112. The Balaban J connectivity index is 2.51. The van der Waals surface area contributed by atoms with E-state index < -0.39 is 0 Å². The molecule has 0 aliphatic heterocycles. The van der Waals surface area contributed by atoms with Crippen LogP contribution < -0.4 is 10.1 Å². The second-order valence-electron chi connectivity index (χ2n) is 3.93. The van der Waals surface area contributed by atoms with Crippen molar-refractivity contribution in [3.05, 3.63) is 48.5 Å². The second-order valence-corrected chi connectivity index (χ2v) is 3.93. The van der Waals surface area contributed by atoms with Gasteiger partial charge < -0.3 is 10.1 Å². The van der Waals surface area contributed by atoms with Crippen LogP contribution in [0.25, 0.3) is 11.1 Å². The zero-order chi connectivity index (χ0) is 13.0. The average molecular weight is 241 g/mol. The largest absolute Gasteiger partial charge is 0.494 e. The molecule has 2 aromatic rings. The lowest BCUT2D eigenvalue weighted by Crippen LogP contribution is -2.07. The summed E-state index contributed by atoms with van der Waals surface area (Å²) in [5.74, 6) is 0.567. The smallest absolute Gasteiger partial charge is 0.221 e. The van der Waals surface area contributed by atoms with Crippen molar-refractivity contribution < 1.29 is 9.53 Å². The SMILES string of the molecule is COc1c(NC(C)=O)cccc1-c1ccccc1. The predicted octanol–water partition coefficient (Wildman–Crippen LogP) is 3.32. The first kappa shape index (κ1) is 12.2. The molecule has 3 nitrogen and oxygen atoms in total. The zero-order valence-electron chi connectivity index (χ0n) is 10.4. The lowest BCUT2D eigenvalue weighted by Gasteiger charge is -2.13. The fourth-order valence-corrected chi connectivity index (χ4v) is 1.89.